The Morgan fingerprint density at radius 3 is 2.07 bits per heavy atom. The third-order valence-corrected chi connectivity index (χ3v) is 5.66. The summed E-state index contributed by atoms with van der Waals surface area (Å²) in [6.45, 7) is 0. The number of hydrogen-bond acceptors (Lipinski definition) is 9. The van der Waals surface area contributed by atoms with Gasteiger partial charge in [-0.25, -0.2) is 0 Å². The number of benzene rings is 3. The van der Waals surface area contributed by atoms with Crippen molar-refractivity contribution in [1.82, 2.24) is 0 Å². The maximum atomic E-state index is 11.6. The molecule has 0 bridgehead atoms. The highest BCUT2D eigenvalue weighted by molar-refractivity contribution is 7.86. The predicted molar refractivity (Wildman–Crippen MR) is 107 cm³/mol. The normalized spacial score (nSPS) is 12.6. The van der Waals surface area contributed by atoms with Crippen LogP contribution in [-0.2, 0) is 20.2 Å². The van der Waals surface area contributed by atoms with E-state index in [9.17, 15) is 25.9 Å². The van der Waals surface area contributed by atoms with Crippen LogP contribution in [0.15, 0.2) is 62.5 Å². The molecule has 11 nitrogen and oxygen atoms in total. The summed E-state index contributed by atoms with van der Waals surface area (Å²) >= 11 is 0. The van der Waals surface area contributed by atoms with Gasteiger partial charge >= 0.3 is 0 Å². The molecule has 3 aromatic carbocycles. The van der Waals surface area contributed by atoms with Crippen molar-refractivity contribution >= 4 is 59.4 Å². The molecule has 0 unspecified atom stereocenters. The Morgan fingerprint density at radius 2 is 1.45 bits per heavy atom. The van der Waals surface area contributed by atoms with Gasteiger partial charge in [-0.3, -0.25) is 9.11 Å². The maximum absolute atomic E-state index is 11.6. The van der Waals surface area contributed by atoms with E-state index < -0.39 is 30.0 Å². The van der Waals surface area contributed by atoms with Crippen LogP contribution < -0.4 is 17.2 Å². The van der Waals surface area contributed by atoms with Crippen molar-refractivity contribution in [2.75, 3.05) is 17.2 Å². The summed E-state index contributed by atoms with van der Waals surface area (Å²) in [5.41, 5.74) is 17.4. The van der Waals surface area contributed by atoms with Crippen LogP contribution in [0.25, 0.3) is 10.8 Å². The van der Waals surface area contributed by atoms with Crippen molar-refractivity contribution in [2.24, 2.45) is 10.2 Å². The molecule has 152 valence electrons. The number of fused-ring (bicyclic) bond motifs is 1. The van der Waals surface area contributed by atoms with Crippen LogP contribution in [0.2, 0.25) is 0 Å². The lowest BCUT2D eigenvalue weighted by Gasteiger charge is -2.10. The number of hydrogen-bond donors (Lipinski definition) is 5. The van der Waals surface area contributed by atoms with E-state index in [1.807, 2.05) is 0 Å². The summed E-state index contributed by atoms with van der Waals surface area (Å²) in [6.07, 6.45) is 0. The van der Waals surface area contributed by atoms with Gasteiger partial charge in [-0.05, 0) is 41.8 Å². The minimum Gasteiger partial charge on any atom is -0.399 e. The second-order valence-electron chi connectivity index (χ2n) is 5.99. The van der Waals surface area contributed by atoms with Gasteiger partial charge in [-0.15, -0.1) is 10.2 Å². The van der Waals surface area contributed by atoms with E-state index in [1.165, 1.54) is 30.3 Å². The molecular weight excluding hydrogens is 422 g/mol. The molecule has 0 atom stereocenters. The quantitative estimate of drug-likeness (QED) is 0.230. The van der Waals surface area contributed by atoms with E-state index in [0.717, 1.165) is 12.1 Å². The molecule has 0 aliphatic rings. The number of rotatable bonds is 4. The molecule has 0 heterocycles. The molecule has 3 aromatic rings. The molecule has 0 fully saturated rings. The van der Waals surface area contributed by atoms with Gasteiger partial charge in [0.05, 0.1) is 10.6 Å². The summed E-state index contributed by atoms with van der Waals surface area (Å²) in [4.78, 5) is -0.968. The van der Waals surface area contributed by atoms with E-state index in [4.69, 9.17) is 17.2 Å². The van der Waals surface area contributed by atoms with Crippen LogP contribution in [0, 0.1) is 0 Å². The standard InChI is InChI=1S/C16H15N5O6S2/c17-9-2-4-13(14(6-9)29(25,26)27)20-21-16-11(18)3-1-8-5-10(28(22,23)24)7-12(19)15(8)16/h1-7H,17-19H2,(H,22,23,24)(H,25,26,27). The van der Waals surface area contributed by atoms with Crippen molar-refractivity contribution in [3.63, 3.8) is 0 Å². The Labute approximate surface area is 165 Å². The average molecular weight is 437 g/mol. The molecule has 13 heteroatoms. The summed E-state index contributed by atoms with van der Waals surface area (Å²) in [6, 6.07) is 8.71. The van der Waals surface area contributed by atoms with Crippen LogP contribution >= 0.6 is 0 Å². The first kappa shape index (κ1) is 20.5. The van der Waals surface area contributed by atoms with Gasteiger partial charge < -0.3 is 17.2 Å². The molecule has 0 aliphatic heterocycles. The zero-order valence-electron chi connectivity index (χ0n) is 14.5. The van der Waals surface area contributed by atoms with Gasteiger partial charge in [0.15, 0.2) is 0 Å². The first-order valence-corrected chi connectivity index (χ1v) is 10.6. The van der Waals surface area contributed by atoms with E-state index in [2.05, 4.69) is 10.2 Å². The SMILES string of the molecule is Nc1ccc(N=Nc2c(N)ccc3cc(S(=O)(=O)O)cc(N)c23)c(S(=O)(=O)O)c1. The summed E-state index contributed by atoms with van der Waals surface area (Å²) in [7, 11) is -9.12. The highest BCUT2D eigenvalue weighted by atomic mass is 32.2. The molecule has 8 N–H and O–H groups in total. The van der Waals surface area contributed by atoms with Gasteiger partial charge in [-0.2, -0.15) is 16.8 Å². The maximum Gasteiger partial charge on any atom is 0.296 e. The van der Waals surface area contributed by atoms with Crippen molar-refractivity contribution in [2.45, 2.75) is 9.79 Å². The van der Waals surface area contributed by atoms with Gasteiger partial charge in [0.2, 0.25) is 0 Å². The molecule has 0 spiro atoms. The van der Waals surface area contributed by atoms with Crippen LogP contribution in [-0.4, -0.2) is 25.9 Å². The van der Waals surface area contributed by atoms with Gasteiger partial charge in [0, 0.05) is 16.8 Å². The fourth-order valence-electron chi connectivity index (χ4n) is 2.65. The summed E-state index contributed by atoms with van der Waals surface area (Å²) in [5.74, 6) is 0. The van der Waals surface area contributed by atoms with Crippen molar-refractivity contribution < 1.29 is 25.9 Å². The van der Waals surface area contributed by atoms with E-state index in [0.29, 0.717) is 5.39 Å². The second-order valence-corrected chi connectivity index (χ2v) is 8.80. The number of nitrogens with two attached hydrogens (primary N) is 3. The molecule has 0 saturated carbocycles. The monoisotopic (exact) mass is 437 g/mol. The lowest BCUT2D eigenvalue weighted by atomic mass is 10.1. The van der Waals surface area contributed by atoms with Gasteiger partial charge in [-0.1, -0.05) is 6.07 Å². The average Bonchev–Trinajstić information content (AvgIpc) is 2.60. The molecule has 3 rings (SSSR count). The Morgan fingerprint density at radius 1 is 0.759 bits per heavy atom. The van der Waals surface area contributed by atoms with Crippen LogP contribution in [0.5, 0.6) is 0 Å². The molecule has 0 saturated heterocycles. The lowest BCUT2D eigenvalue weighted by molar-refractivity contribution is 0.481. The van der Waals surface area contributed by atoms with Crippen molar-refractivity contribution in [3.05, 3.63) is 42.5 Å². The van der Waals surface area contributed by atoms with E-state index in [-0.39, 0.29) is 33.8 Å². The Kier molecular flexibility index (Phi) is 4.92. The lowest BCUT2D eigenvalue weighted by Crippen LogP contribution is -2.01. The van der Waals surface area contributed by atoms with E-state index in [1.54, 1.807) is 0 Å². The first-order valence-electron chi connectivity index (χ1n) is 7.76. The zero-order valence-corrected chi connectivity index (χ0v) is 16.1. The zero-order chi connectivity index (χ0) is 21.6. The Bertz CT molecular complexity index is 1380. The van der Waals surface area contributed by atoms with Crippen LogP contribution in [0.3, 0.4) is 0 Å². The molecule has 29 heavy (non-hydrogen) atoms. The molecular formula is C16H15N5O6S2. The highest BCUT2D eigenvalue weighted by Gasteiger charge is 2.18. The third kappa shape index (κ3) is 4.12. The molecule has 0 amide bonds. The number of azo groups is 1. The minimum atomic E-state index is -4.63. The number of nitrogen functional groups attached to an aromatic ring is 3. The topological polar surface area (TPSA) is 212 Å². The Hall–Kier alpha value is -3.26. The second kappa shape index (κ2) is 6.97. The fourth-order valence-corrected chi connectivity index (χ4v) is 3.86. The first-order chi connectivity index (χ1) is 13.4. The smallest absolute Gasteiger partial charge is 0.296 e. The van der Waals surface area contributed by atoms with Gasteiger partial charge in [0.25, 0.3) is 20.2 Å². The highest BCUT2D eigenvalue weighted by Crippen LogP contribution is 2.39. The molecule has 0 radical (unpaired) electrons. The van der Waals surface area contributed by atoms with E-state index >= 15 is 0 Å². The molecule has 0 aliphatic carbocycles. The third-order valence-electron chi connectivity index (χ3n) is 3.94. The fraction of sp³-hybridized carbons (Fsp3) is 0. The van der Waals surface area contributed by atoms with Crippen LogP contribution in [0.1, 0.15) is 0 Å². The van der Waals surface area contributed by atoms with Crippen molar-refractivity contribution in [1.29, 1.82) is 0 Å². The number of nitrogens with zero attached hydrogens (tertiary/aromatic N) is 2. The molecule has 0 aromatic heterocycles. The number of anilines is 3. The van der Waals surface area contributed by atoms with Gasteiger partial charge in [0.1, 0.15) is 16.3 Å². The van der Waals surface area contributed by atoms with Crippen LogP contribution in [0.4, 0.5) is 28.4 Å². The predicted octanol–water partition coefficient (Wildman–Crippen LogP) is 2.50. The van der Waals surface area contributed by atoms with Crippen molar-refractivity contribution in [3.8, 4) is 0 Å². The Balaban J connectivity index is 2.23. The summed E-state index contributed by atoms with van der Waals surface area (Å²) in [5, 5.41) is 8.33. The summed E-state index contributed by atoms with van der Waals surface area (Å²) < 4.78 is 64.5. The minimum absolute atomic E-state index is 0.0417. The largest absolute Gasteiger partial charge is 0.399 e.